The number of aryl methyl sites for hydroxylation is 2. The molecule has 0 unspecified atom stereocenters. The van der Waals surface area contributed by atoms with Crippen LogP contribution >= 0.6 is 0 Å². The topological polar surface area (TPSA) is 3.24 Å². The zero-order valence-electron chi connectivity index (χ0n) is 16.4. The molecule has 22 heavy (non-hydrogen) atoms. The second kappa shape index (κ2) is 10.8. The number of rotatable bonds is 0. The fraction of sp³-hybridized carbons (Fsp3) is 0.714. The van der Waals surface area contributed by atoms with Gasteiger partial charge in [-0.25, -0.2) is 0 Å². The smallest absolute Gasteiger partial charge is 0.00133 e. The zero-order valence-corrected chi connectivity index (χ0v) is 16.4. The SMILES string of the molecule is CC.CC.CC.Cc1ccc2c(c1)CCC21CCN(C)CC1. The van der Waals surface area contributed by atoms with Crippen molar-refractivity contribution < 1.29 is 0 Å². The first-order valence-electron chi connectivity index (χ1n) is 9.48. The molecule has 0 saturated carbocycles. The van der Waals surface area contributed by atoms with E-state index in [0.29, 0.717) is 5.41 Å². The lowest BCUT2D eigenvalue weighted by molar-refractivity contribution is 0.187. The Morgan fingerprint density at radius 3 is 1.95 bits per heavy atom. The molecule has 1 heterocycles. The van der Waals surface area contributed by atoms with Gasteiger partial charge in [0.15, 0.2) is 0 Å². The van der Waals surface area contributed by atoms with Crippen LogP contribution in [0.5, 0.6) is 0 Å². The minimum Gasteiger partial charge on any atom is -0.306 e. The van der Waals surface area contributed by atoms with E-state index >= 15 is 0 Å². The second-order valence-electron chi connectivity index (χ2n) is 5.74. The predicted octanol–water partition coefficient (Wildman–Crippen LogP) is 5.98. The van der Waals surface area contributed by atoms with Gasteiger partial charge in [0.25, 0.3) is 0 Å². The summed E-state index contributed by atoms with van der Waals surface area (Å²) in [6.07, 6.45) is 5.42. The minimum atomic E-state index is 0.537. The molecule has 3 rings (SSSR count). The molecule has 1 aromatic rings. The molecular weight excluding hydrogens is 266 g/mol. The van der Waals surface area contributed by atoms with Crippen LogP contribution in [0.3, 0.4) is 0 Å². The Bertz CT molecular complexity index is 400. The van der Waals surface area contributed by atoms with Gasteiger partial charge in [-0.2, -0.15) is 0 Å². The molecule has 1 heteroatoms. The van der Waals surface area contributed by atoms with Crippen molar-refractivity contribution >= 4 is 0 Å². The van der Waals surface area contributed by atoms with E-state index < -0.39 is 0 Å². The number of likely N-dealkylation sites (tertiary alicyclic amines) is 1. The fourth-order valence-corrected chi connectivity index (χ4v) is 3.52. The normalized spacial score (nSPS) is 18.0. The lowest BCUT2D eigenvalue weighted by Gasteiger charge is -2.38. The van der Waals surface area contributed by atoms with Crippen LogP contribution in [-0.4, -0.2) is 25.0 Å². The number of hydrogen-bond acceptors (Lipinski definition) is 1. The number of benzene rings is 1. The highest BCUT2D eigenvalue weighted by Gasteiger charge is 2.40. The maximum absolute atomic E-state index is 2.47. The summed E-state index contributed by atoms with van der Waals surface area (Å²) in [5, 5.41) is 0. The monoisotopic (exact) mass is 305 g/mol. The van der Waals surface area contributed by atoms with Gasteiger partial charge in [0, 0.05) is 0 Å². The van der Waals surface area contributed by atoms with Crippen molar-refractivity contribution in [2.24, 2.45) is 0 Å². The first-order valence-corrected chi connectivity index (χ1v) is 9.48. The molecule has 1 nitrogen and oxygen atoms in total. The highest BCUT2D eigenvalue weighted by molar-refractivity contribution is 5.42. The van der Waals surface area contributed by atoms with Gasteiger partial charge in [-0.3, -0.25) is 0 Å². The van der Waals surface area contributed by atoms with Crippen LogP contribution in [0.1, 0.15) is 77.5 Å². The van der Waals surface area contributed by atoms with Crippen LogP contribution < -0.4 is 0 Å². The summed E-state index contributed by atoms with van der Waals surface area (Å²) in [5.41, 5.74) is 5.26. The highest BCUT2D eigenvalue weighted by atomic mass is 15.1. The molecule has 128 valence electrons. The summed E-state index contributed by atoms with van der Waals surface area (Å²) in [6.45, 7) is 16.8. The van der Waals surface area contributed by atoms with Gasteiger partial charge in [-0.15, -0.1) is 0 Å². The third kappa shape index (κ3) is 4.84. The fourth-order valence-electron chi connectivity index (χ4n) is 3.52. The summed E-state index contributed by atoms with van der Waals surface area (Å²) in [6, 6.07) is 7.11. The molecule has 0 atom stereocenters. The molecular formula is C21H39N. The zero-order chi connectivity index (χ0) is 17.2. The Hall–Kier alpha value is -0.820. The van der Waals surface area contributed by atoms with E-state index in [9.17, 15) is 0 Å². The van der Waals surface area contributed by atoms with Gasteiger partial charge >= 0.3 is 0 Å². The van der Waals surface area contributed by atoms with Crippen molar-refractivity contribution in [3.8, 4) is 0 Å². The highest BCUT2D eigenvalue weighted by Crippen LogP contribution is 2.46. The van der Waals surface area contributed by atoms with Crippen LogP contribution in [-0.2, 0) is 11.8 Å². The molecule has 0 aromatic heterocycles. The van der Waals surface area contributed by atoms with Gasteiger partial charge in [-0.05, 0) is 69.3 Å². The summed E-state index contributed by atoms with van der Waals surface area (Å²) in [7, 11) is 2.25. The van der Waals surface area contributed by atoms with Gasteiger partial charge in [0.05, 0.1) is 0 Å². The van der Waals surface area contributed by atoms with Gasteiger partial charge in [0.2, 0.25) is 0 Å². The van der Waals surface area contributed by atoms with Crippen LogP contribution in [0.4, 0.5) is 0 Å². The molecule has 1 spiro atoms. The standard InChI is InChI=1S/C15H21N.3C2H6/c1-12-3-4-14-13(11-12)5-6-15(14)7-9-16(2)10-8-15;3*1-2/h3-4,11H,5-10H2,1-2H3;3*1-2H3. The third-order valence-electron chi connectivity index (χ3n) is 4.65. The average molecular weight is 306 g/mol. The maximum atomic E-state index is 2.47. The lowest BCUT2D eigenvalue weighted by Crippen LogP contribution is -2.39. The first-order chi connectivity index (χ1) is 10.7. The Labute approximate surface area is 140 Å². The van der Waals surface area contributed by atoms with Gasteiger partial charge in [-0.1, -0.05) is 65.3 Å². The Morgan fingerprint density at radius 1 is 0.864 bits per heavy atom. The summed E-state index contributed by atoms with van der Waals surface area (Å²) in [4.78, 5) is 2.47. The van der Waals surface area contributed by atoms with Crippen molar-refractivity contribution in [2.45, 2.75) is 79.6 Å². The van der Waals surface area contributed by atoms with Crippen LogP contribution in [0, 0.1) is 6.92 Å². The van der Waals surface area contributed by atoms with Crippen LogP contribution in [0.25, 0.3) is 0 Å². The third-order valence-corrected chi connectivity index (χ3v) is 4.65. The molecule has 0 radical (unpaired) electrons. The summed E-state index contributed by atoms with van der Waals surface area (Å²) in [5.74, 6) is 0. The Morgan fingerprint density at radius 2 is 1.41 bits per heavy atom. The summed E-state index contributed by atoms with van der Waals surface area (Å²) < 4.78 is 0. The molecule has 1 aliphatic carbocycles. The van der Waals surface area contributed by atoms with Gasteiger partial charge < -0.3 is 4.90 Å². The Balaban J connectivity index is 0.000000661. The largest absolute Gasteiger partial charge is 0.306 e. The van der Waals surface area contributed by atoms with Crippen molar-refractivity contribution in [1.29, 1.82) is 0 Å². The average Bonchev–Trinajstić information content (AvgIpc) is 2.94. The summed E-state index contributed by atoms with van der Waals surface area (Å²) >= 11 is 0. The molecule has 0 bridgehead atoms. The van der Waals surface area contributed by atoms with E-state index in [2.05, 4.69) is 37.1 Å². The van der Waals surface area contributed by atoms with Crippen molar-refractivity contribution in [3.05, 3.63) is 34.9 Å². The maximum Gasteiger partial charge on any atom is -0.00133 e. The van der Waals surface area contributed by atoms with E-state index in [1.165, 1.54) is 44.3 Å². The molecule has 0 amide bonds. The van der Waals surface area contributed by atoms with Crippen molar-refractivity contribution in [2.75, 3.05) is 20.1 Å². The predicted molar refractivity (Wildman–Crippen MR) is 102 cm³/mol. The van der Waals surface area contributed by atoms with Crippen molar-refractivity contribution in [3.63, 3.8) is 0 Å². The van der Waals surface area contributed by atoms with Crippen molar-refractivity contribution in [1.82, 2.24) is 4.90 Å². The molecule has 1 fully saturated rings. The molecule has 1 aliphatic heterocycles. The van der Waals surface area contributed by atoms with E-state index in [4.69, 9.17) is 0 Å². The quantitative estimate of drug-likeness (QED) is 0.569. The van der Waals surface area contributed by atoms with E-state index in [1.54, 1.807) is 11.1 Å². The molecule has 2 aliphatic rings. The number of piperidine rings is 1. The van der Waals surface area contributed by atoms with Crippen LogP contribution in [0.15, 0.2) is 18.2 Å². The molecule has 0 N–H and O–H groups in total. The van der Waals surface area contributed by atoms with E-state index in [-0.39, 0.29) is 0 Å². The van der Waals surface area contributed by atoms with E-state index in [1.807, 2.05) is 41.5 Å². The number of nitrogens with zero attached hydrogens (tertiary/aromatic N) is 1. The lowest BCUT2D eigenvalue weighted by atomic mass is 9.74. The van der Waals surface area contributed by atoms with Crippen LogP contribution in [0.2, 0.25) is 0 Å². The number of fused-ring (bicyclic) bond motifs is 2. The van der Waals surface area contributed by atoms with E-state index in [0.717, 1.165) is 0 Å². The molecule has 1 saturated heterocycles. The number of hydrogen-bond donors (Lipinski definition) is 0. The minimum absolute atomic E-state index is 0.537. The van der Waals surface area contributed by atoms with Gasteiger partial charge in [0.1, 0.15) is 0 Å². The second-order valence-corrected chi connectivity index (χ2v) is 5.74. The molecule has 1 aromatic carbocycles. The first kappa shape index (κ1) is 21.2. The Kier molecular flexibility index (Phi) is 10.4.